The number of aliphatic hydroxyl groups excluding tert-OH is 1. The minimum Gasteiger partial charge on any atom is -0.508 e. The molecular weight excluding hydrogens is 644 g/mol. The van der Waals surface area contributed by atoms with Crippen molar-refractivity contribution in [2.24, 2.45) is 0 Å². The van der Waals surface area contributed by atoms with Gasteiger partial charge in [0.2, 0.25) is 23.6 Å². The Bertz CT molecular complexity index is 1440. The summed E-state index contributed by atoms with van der Waals surface area (Å²) in [5.74, 6) is -2.09. The first-order valence-electron chi connectivity index (χ1n) is 17.1. The largest absolute Gasteiger partial charge is 0.508 e. The lowest BCUT2D eigenvalue weighted by atomic mass is 9.95. The monoisotopic (exact) mass is 698 g/mol. The third-order valence-corrected chi connectivity index (χ3v) is 8.86. The highest BCUT2D eigenvalue weighted by atomic mass is 16.3. The Morgan fingerprint density at radius 3 is 2.06 bits per heavy atom. The highest BCUT2D eigenvalue weighted by molar-refractivity contribution is 5.93. The lowest BCUT2D eigenvalue weighted by molar-refractivity contribution is -0.133. The molecule has 0 saturated carbocycles. The van der Waals surface area contributed by atoms with E-state index >= 15 is 0 Å². The minimum absolute atomic E-state index is 0.00932. The van der Waals surface area contributed by atoms with Gasteiger partial charge in [0.05, 0.1) is 24.7 Å². The Morgan fingerprint density at radius 1 is 0.860 bits per heavy atom. The maximum absolute atomic E-state index is 13.8. The summed E-state index contributed by atoms with van der Waals surface area (Å²) in [6.45, 7) is 0.769. The second-order valence-corrected chi connectivity index (χ2v) is 12.5. The van der Waals surface area contributed by atoms with Gasteiger partial charge in [0.25, 0.3) is 0 Å². The molecule has 276 valence electrons. The average Bonchev–Trinajstić information content (AvgIpc) is 3.11. The Kier molecular flexibility index (Phi) is 16.4. The highest BCUT2D eigenvalue weighted by Gasteiger charge is 2.31. The number of phenolic OH excluding ortho intramolecular Hbond substituents is 2. The molecule has 4 amide bonds. The quantitative estimate of drug-likeness (QED) is 0.0915. The van der Waals surface area contributed by atoms with Gasteiger partial charge in [-0.15, -0.1) is 0 Å². The van der Waals surface area contributed by atoms with Gasteiger partial charge in [-0.3, -0.25) is 19.2 Å². The number of hydrogen-bond acceptors (Lipinski definition) is 11. The van der Waals surface area contributed by atoms with Gasteiger partial charge in [-0.25, -0.2) is 0 Å². The van der Waals surface area contributed by atoms with Crippen molar-refractivity contribution in [1.29, 1.82) is 0 Å². The van der Waals surface area contributed by atoms with E-state index < -0.39 is 54.5 Å². The van der Waals surface area contributed by atoms with Crippen molar-refractivity contribution in [3.63, 3.8) is 0 Å². The van der Waals surface area contributed by atoms with E-state index in [1.54, 1.807) is 45.4 Å². The molecule has 11 N–H and O–H groups in total. The average molecular weight is 699 g/mol. The molecule has 0 aromatic heterocycles. The molecule has 3 rings (SSSR count). The number of aromatic hydroxyl groups is 2. The third-order valence-electron chi connectivity index (χ3n) is 8.86. The van der Waals surface area contributed by atoms with Crippen molar-refractivity contribution < 1.29 is 34.5 Å². The fraction of sp³-hybridized carbons (Fsp3) is 0.543. The molecule has 1 aliphatic heterocycles. The molecule has 0 aliphatic carbocycles. The third kappa shape index (κ3) is 11.7. The summed E-state index contributed by atoms with van der Waals surface area (Å²) in [7, 11) is 6.91. The number of fused-ring (bicyclic) bond motifs is 5. The van der Waals surface area contributed by atoms with Crippen LogP contribution in [0.4, 0.5) is 0 Å². The van der Waals surface area contributed by atoms with E-state index in [1.165, 1.54) is 12.1 Å². The Hall–Kier alpha value is -4.28. The second-order valence-electron chi connectivity index (χ2n) is 12.5. The number of phenols is 2. The SMILES string of the molecule is CNCCCC(NC)C(=O)NC[C@@H](CO)NC(=O)[C@@H]1Cc2cc(ccc2O)-c2ccc(O)c(c2)C[C@H](NC)C(=O)N[C@@H](CCCNC)C(=O)N1. The predicted molar refractivity (Wildman–Crippen MR) is 191 cm³/mol. The summed E-state index contributed by atoms with van der Waals surface area (Å²) in [5, 5.41) is 54.8. The topological polar surface area (TPSA) is 225 Å². The van der Waals surface area contributed by atoms with Gasteiger partial charge in [0.1, 0.15) is 23.6 Å². The number of carbonyl (C=O) groups is 4. The molecule has 15 heteroatoms. The maximum Gasteiger partial charge on any atom is 0.243 e. The lowest BCUT2D eigenvalue weighted by Gasteiger charge is -2.27. The molecule has 2 aromatic rings. The number of nitrogens with one attached hydrogen (secondary N) is 8. The number of rotatable bonds is 16. The molecule has 0 saturated heterocycles. The molecule has 4 bridgehead atoms. The van der Waals surface area contributed by atoms with E-state index in [0.717, 1.165) is 13.0 Å². The Labute approximate surface area is 293 Å². The molecule has 5 atom stereocenters. The van der Waals surface area contributed by atoms with Crippen molar-refractivity contribution in [2.45, 2.75) is 68.7 Å². The van der Waals surface area contributed by atoms with Crippen LogP contribution in [0.3, 0.4) is 0 Å². The highest BCUT2D eigenvalue weighted by Crippen LogP contribution is 2.31. The zero-order valence-electron chi connectivity index (χ0n) is 29.4. The van der Waals surface area contributed by atoms with Gasteiger partial charge < -0.3 is 57.9 Å². The molecule has 50 heavy (non-hydrogen) atoms. The summed E-state index contributed by atoms with van der Waals surface area (Å²) < 4.78 is 0. The van der Waals surface area contributed by atoms with E-state index in [-0.39, 0.29) is 43.2 Å². The van der Waals surface area contributed by atoms with Crippen LogP contribution < -0.4 is 42.5 Å². The van der Waals surface area contributed by atoms with E-state index in [9.17, 15) is 34.5 Å². The molecule has 1 unspecified atom stereocenters. The van der Waals surface area contributed by atoms with Gasteiger partial charge in [0, 0.05) is 19.4 Å². The molecular formula is C35H54N8O7. The number of amides is 4. The van der Waals surface area contributed by atoms with Crippen LogP contribution in [0.1, 0.15) is 36.8 Å². The summed E-state index contributed by atoms with van der Waals surface area (Å²) in [4.78, 5) is 54.0. The van der Waals surface area contributed by atoms with Crippen LogP contribution in [0.5, 0.6) is 11.5 Å². The van der Waals surface area contributed by atoms with E-state index in [0.29, 0.717) is 41.6 Å². The second kappa shape index (κ2) is 20.4. The van der Waals surface area contributed by atoms with Crippen molar-refractivity contribution >= 4 is 23.6 Å². The summed E-state index contributed by atoms with van der Waals surface area (Å²) in [5.41, 5.74) is 2.26. The van der Waals surface area contributed by atoms with E-state index in [4.69, 9.17) is 0 Å². The van der Waals surface area contributed by atoms with Crippen LogP contribution in [0.15, 0.2) is 36.4 Å². The molecule has 1 aliphatic rings. The molecule has 0 radical (unpaired) electrons. The zero-order valence-corrected chi connectivity index (χ0v) is 29.4. The number of carbonyl (C=O) groups excluding carboxylic acids is 4. The normalized spacial score (nSPS) is 19.3. The van der Waals surface area contributed by atoms with Gasteiger partial charge >= 0.3 is 0 Å². The molecule has 0 fully saturated rings. The predicted octanol–water partition coefficient (Wildman–Crippen LogP) is -1.40. The van der Waals surface area contributed by atoms with Crippen molar-refractivity contribution in [3.8, 4) is 22.6 Å². The minimum atomic E-state index is -1.23. The van der Waals surface area contributed by atoms with Crippen molar-refractivity contribution in [2.75, 3.05) is 54.4 Å². The molecule has 2 aromatic carbocycles. The Morgan fingerprint density at radius 2 is 1.48 bits per heavy atom. The summed E-state index contributed by atoms with van der Waals surface area (Å²) in [6, 6.07) is 5.54. The van der Waals surface area contributed by atoms with E-state index in [1.807, 2.05) is 7.05 Å². The molecule has 0 spiro atoms. The van der Waals surface area contributed by atoms with Crippen LogP contribution >= 0.6 is 0 Å². The summed E-state index contributed by atoms with van der Waals surface area (Å²) >= 11 is 0. The van der Waals surface area contributed by atoms with Crippen LogP contribution in [0, 0.1) is 0 Å². The lowest BCUT2D eigenvalue weighted by Crippen LogP contribution is -2.58. The zero-order chi connectivity index (χ0) is 36.6. The van der Waals surface area contributed by atoms with Crippen LogP contribution in [0.25, 0.3) is 11.1 Å². The van der Waals surface area contributed by atoms with Crippen molar-refractivity contribution in [1.82, 2.24) is 42.5 Å². The first-order valence-corrected chi connectivity index (χ1v) is 17.1. The van der Waals surface area contributed by atoms with Gasteiger partial charge in [-0.2, -0.15) is 0 Å². The molecule has 15 nitrogen and oxygen atoms in total. The molecule has 1 heterocycles. The van der Waals surface area contributed by atoms with Gasteiger partial charge in [-0.05, 0) is 113 Å². The number of aliphatic hydroxyl groups is 1. The van der Waals surface area contributed by atoms with Crippen LogP contribution in [-0.4, -0.2) is 124 Å². The number of hydrogen-bond donors (Lipinski definition) is 11. The fourth-order valence-electron chi connectivity index (χ4n) is 5.83. The summed E-state index contributed by atoms with van der Waals surface area (Å²) in [6.07, 6.45) is 2.16. The first-order chi connectivity index (χ1) is 24.0. The Balaban J connectivity index is 1.95. The standard InChI is InChI=1S/C35H54N8O7/c1-36-13-5-7-26(38-3)32(47)40-19-25(20-44)41-35(50)29-18-24-16-22(10-12-31(24)46)21-9-11-30(45)23(15-21)17-28(39-4)34(49)42-27(33(48)43-29)8-6-14-37-2/h9-12,15-16,25-29,36-39,44-46H,5-8,13-14,17-20H2,1-4H3,(H,40,47)(H,41,50)(H,42,49)(H,43,48)/t25-,26?,27-,28-,29-/m0/s1. The maximum atomic E-state index is 13.8. The number of likely N-dealkylation sites (N-methyl/N-ethyl adjacent to an activating group) is 2. The number of benzene rings is 2. The smallest absolute Gasteiger partial charge is 0.243 e. The van der Waals surface area contributed by atoms with Crippen LogP contribution in [-0.2, 0) is 32.0 Å². The van der Waals surface area contributed by atoms with Crippen molar-refractivity contribution in [3.05, 3.63) is 47.5 Å². The first kappa shape index (κ1) is 40.2. The van der Waals surface area contributed by atoms with Crippen LogP contribution in [0.2, 0.25) is 0 Å². The van der Waals surface area contributed by atoms with Gasteiger partial charge in [-0.1, -0.05) is 12.1 Å². The van der Waals surface area contributed by atoms with E-state index in [2.05, 4.69) is 42.5 Å². The van der Waals surface area contributed by atoms with Gasteiger partial charge in [0.15, 0.2) is 0 Å². The fourth-order valence-corrected chi connectivity index (χ4v) is 5.83.